The molecule has 0 aromatic heterocycles. The molecule has 1 saturated heterocycles. The summed E-state index contributed by atoms with van der Waals surface area (Å²) in [5, 5.41) is 12.5. The summed E-state index contributed by atoms with van der Waals surface area (Å²) in [7, 11) is 0. The van der Waals surface area contributed by atoms with Gasteiger partial charge in [0.05, 0.1) is 12.1 Å². The van der Waals surface area contributed by atoms with Crippen LogP contribution in [0.2, 0.25) is 0 Å². The summed E-state index contributed by atoms with van der Waals surface area (Å²) < 4.78 is 10.6. The Morgan fingerprint density at radius 2 is 1.52 bits per heavy atom. The molecule has 0 radical (unpaired) electrons. The average molecular weight is 330 g/mol. The van der Waals surface area contributed by atoms with E-state index in [1.807, 2.05) is 20.8 Å². The van der Waals surface area contributed by atoms with Gasteiger partial charge in [0, 0.05) is 13.1 Å². The molecule has 0 saturated carbocycles. The van der Waals surface area contributed by atoms with E-state index in [0.29, 0.717) is 25.9 Å². The third-order valence-corrected chi connectivity index (χ3v) is 3.44. The maximum atomic E-state index is 12.1. The van der Waals surface area contributed by atoms with Crippen LogP contribution >= 0.6 is 0 Å². The molecule has 2 N–H and O–H groups in total. The first kappa shape index (κ1) is 19.5. The van der Waals surface area contributed by atoms with E-state index in [2.05, 4.69) is 5.32 Å². The molecule has 0 bridgehead atoms. The van der Waals surface area contributed by atoms with Crippen molar-refractivity contribution in [2.45, 2.75) is 71.1 Å². The fraction of sp³-hybridized carbons (Fsp3) is 0.875. The van der Waals surface area contributed by atoms with Crippen molar-refractivity contribution in [3.63, 3.8) is 0 Å². The predicted octanol–water partition coefficient (Wildman–Crippen LogP) is 2.27. The number of amides is 2. The molecule has 0 aromatic carbocycles. The standard InChI is InChI=1S/C16H30N2O5/c1-14(2,3)22-12(20)17-16(11-19)7-9-18(10-8-16)13(21)23-15(4,5)6/h19H,7-11H2,1-6H3,(H,17,20). The zero-order chi connectivity index (χ0) is 17.9. The first-order chi connectivity index (χ1) is 10.4. The number of hydrogen-bond donors (Lipinski definition) is 2. The number of rotatable bonds is 2. The molecule has 0 unspecified atom stereocenters. The van der Waals surface area contributed by atoms with Gasteiger partial charge in [-0.15, -0.1) is 0 Å². The molecule has 1 rings (SSSR count). The Labute approximate surface area is 138 Å². The third kappa shape index (κ3) is 6.64. The van der Waals surface area contributed by atoms with E-state index in [4.69, 9.17) is 9.47 Å². The molecule has 0 aromatic rings. The molecule has 0 aliphatic carbocycles. The largest absolute Gasteiger partial charge is 0.444 e. The second kappa shape index (κ2) is 6.95. The molecule has 2 amide bonds. The number of hydrogen-bond acceptors (Lipinski definition) is 5. The monoisotopic (exact) mass is 330 g/mol. The lowest BCUT2D eigenvalue weighted by molar-refractivity contribution is 0.00494. The highest BCUT2D eigenvalue weighted by molar-refractivity contribution is 5.70. The molecular weight excluding hydrogens is 300 g/mol. The minimum Gasteiger partial charge on any atom is -0.444 e. The van der Waals surface area contributed by atoms with Gasteiger partial charge in [-0.3, -0.25) is 0 Å². The third-order valence-electron chi connectivity index (χ3n) is 3.44. The van der Waals surface area contributed by atoms with E-state index in [1.165, 1.54) is 0 Å². The second-order valence-corrected chi connectivity index (χ2v) is 8.03. The van der Waals surface area contributed by atoms with Crippen molar-refractivity contribution in [1.82, 2.24) is 10.2 Å². The van der Waals surface area contributed by atoms with Crippen LogP contribution in [0.25, 0.3) is 0 Å². The van der Waals surface area contributed by atoms with E-state index >= 15 is 0 Å². The topological polar surface area (TPSA) is 88.1 Å². The van der Waals surface area contributed by atoms with Gasteiger partial charge in [0.1, 0.15) is 11.2 Å². The van der Waals surface area contributed by atoms with Crippen LogP contribution in [0, 0.1) is 0 Å². The molecular formula is C16H30N2O5. The van der Waals surface area contributed by atoms with Gasteiger partial charge >= 0.3 is 12.2 Å². The molecule has 0 atom stereocenters. The summed E-state index contributed by atoms with van der Waals surface area (Å²) in [5.74, 6) is 0. The van der Waals surface area contributed by atoms with Gasteiger partial charge in [-0.05, 0) is 54.4 Å². The van der Waals surface area contributed by atoms with Gasteiger partial charge in [0.2, 0.25) is 0 Å². The van der Waals surface area contributed by atoms with Crippen LogP contribution in [0.15, 0.2) is 0 Å². The summed E-state index contributed by atoms with van der Waals surface area (Å²) >= 11 is 0. The Bertz CT molecular complexity index is 429. The van der Waals surface area contributed by atoms with E-state index in [1.54, 1.807) is 25.7 Å². The molecule has 1 aliphatic rings. The first-order valence-corrected chi connectivity index (χ1v) is 7.96. The maximum Gasteiger partial charge on any atom is 0.410 e. The number of alkyl carbamates (subject to hydrolysis) is 1. The second-order valence-electron chi connectivity index (χ2n) is 8.03. The van der Waals surface area contributed by atoms with Crippen molar-refractivity contribution in [3.8, 4) is 0 Å². The average Bonchev–Trinajstić information content (AvgIpc) is 2.35. The van der Waals surface area contributed by atoms with E-state index in [9.17, 15) is 14.7 Å². The fourth-order valence-corrected chi connectivity index (χ4v) is 2.29. The Balaban J connectivity index is 2.59. The molecule has 23 heavy (non-hydrogen) atoms. The van der Waals surface area contributed by atoms with E-state index in [0.717, 1.165) is 0 Å². The SMILES string of the molecule is CC(C)(C)OC(=O)NC1(CO)CCN(C(=O)OC(C)(C)C)CC1. The van der Waals surface area contributed by atoms with Gasteiger partial charge in [-0.2, -0.15) is 0 Å². The van der Waals surface area contributed by atoms with Crippen molar-refractivity contribution < 1.29 is 24.2 Å². The molecule has 0 spiro atoms. The number of likely N-dealkylation sites (tertiary alicyclic amines) is 1. The number of nitrogens with one attached hydrogen (secondary N) is 1. The van der Waals surface area contributed by atoms with E-state index < -0.39 is 22.8 Å². The van der Waals surface area contributed by atoms with Crippen LogP contribution in [0.4, 0.5) is 9.59 Å². The van der Waals surface area contributed by atoms with Gasteiger partial charge in [-0.25, -0.2) is 9.59 Å². The van der Waals surface area contributed by atoms with Crippen LogP contribution in [-0.2, 0) is 9.47 Å². The van der Waals surface area contributed by atoms with Crippen molar-refractivity contribution in [2.75, 3.05) is 19.7 Å². The quantitative estimate of drug-likeness (QED) is 0.811. The zero-order valence-corrected chi connectivity index (χ0v) is 15.1. The van der Waals surface area contributed by atoms with Crippen LogP contribution in [-0.4, -0.2) is 58.6 Å². The van der Waals surface area contributed by atoms with Gasteiger partial charge in [-0.1, -0.05) is 0 Å². The van der Waals surface area contributed by atoms with Crippen LogP contribution in [0.3, 0.4) is 0 Å². The number of aliphatic hydroxyl groups excluding tert-OH is 1. The van der Waals surface area contributed by atoms with E-state index in [-0.39, 0.29) is 12.7 Å². The summed E-state index contributed by atoms with van der Waals surface area (Å²) in [6.07, 6.45) is -0.0390. The number of aliphatic hydroxyl groups is 1. The number of carbonyl (C=O) groups is 2. The van der Waals surface area contributed by atoms with Gasteiger partial charge in [0.25, 0.3) is 0 Å². The van der Waals surface area contributed by atoms with Crippen molar-refractivity contribution in [3.05, 3.63) is 0 Å². The number of piperidine rings is 1. The molecule has 1 fully saturated rings. The Morgan fingerprint density at radius 3 is 1.91 bits per heavy atom. The summed E-state index contributed by atoms with van der Waals surface area (Å²) in [4.78, 5) is 25.6. The normalized spacial score (nSPS) is 18.3. The van der Waals surface area contributed by atoms with Crippen molar-refractivity contribution in [2.24, 2.45) is 0 Å². The highest BCUT2D eigenvalue weighted by atomic mass is 16.6. The predicted molar refractivity (Wildman–Crippen MR) is 86.2 cm³/mol. The smallest absolute Gasteiger partial charge is 0.410 e. The number of ether oxygens (including phenoxy) is 2. The lowest BCUT2D eigenvalue weighted by Crippen LogP contribution is -2.59. The van der Waals surface area contributed by atoms with Crippen LogP contribution in [0.5, 0.6) is 0 Å². The van der Waals surface area contributed by atoms with Gasteiger partial charge < -0.3 is 24.8 Å². The lowest BCUT2D eigenvalue weighted by atomic mass is 9.88. The highest BCUT2D eigenvalue weighted by Gasteiger charge is 2.38. The molecule has 7 heteroatoms. The molecule has 7 nitrogen and oxygen atoms in total. The Hall–Kier alpha value is -1.50. The molecule has 134 valence electrons. The number of carbonyl (C=O) groups excluding carboxylic acids is 2. The Morgan fingerprint density at radius 1 is 1.04 bits per heavy atom. The minimum atomic E-state index is -0.763. The fourth-order valence-electron chi connectivity index (χ4n) is 2.29. The van der Waals surface area contributed by atoms with Crippen molar-refractivity contribution >= 4 is 12.2 Å². The van der Waals surface area contributed by atoms with Crippen LogP contribution < -0.4 is 5.32 Å². The maximum absolute atomic E-state index is 12.1. The van der Waals surface area contributed by atoms with Gasteiger partial charge in [0.15, 0.2) is 0 Å². The number of nitrogens with zero attached hydrogens (tertiary/aromatic N) is 1. The first-order valence-electron chi connectivity index (χ1n) is 7.96. The summed E-state index contributed by atoms with van der Waals surface area (Å²) in [6, 6.07) is 0. The minimum absolute atomic E-state index is 0.200. The highest BCUT2D eigenvalue weighted by Crippen LogP contribution is 2.24. The van der Waals surface area contributed by atoms with Crippen molar-refractivity contribution in [1.29, 1.82) is 0 Å². The molecule has 1 heterocycles. The summed E-state index contributed by atoms with van der Waals surface area (Å²) in [6.45, 7) is 11.4. The van der Waals surface area contributed by atoms with Crippen LogP contribution in [0.1, 0.15) is 54.4 Å². The zero-order valence-electron chi connectivity index (χ0n) is 15.1. The Kier molecular flexibility index (Phi) is 5.90. The lowest BCUT2D eigenvalue weighted by Gasteiger charge is -2.41. The summed E-state index contributed by atoms with van der Waals surface area (Å²) in [5.41, 5.74) is -1.91. The molecule has 1 aliphatic heterocycles.